The van der Waals surface area contributed by atoms with Gasteiger partial charge in [0.25, 0.3) is 5.91 Å². The first-order valence-corrected chi connectivity index (χ1v) is 4.85. The Kier molecular flexibility index (Phi) is 6.90. The fourth-order valence-electron chi connectivity index (χ4n) is 0.614. The van der Waals surface area contributed by atoms with E-state index in [2.05, 4.69) is 11.9 Å². The number of likely N-dealkylation sites (N-methyl/N-ethyl adjacent to an activating group) is 1. The largest absolute Gasteiger partial charge is 0.396 e. The molecule has 4 heteroatoms. The van der Waals surface area contributed by atoms with Crippen molar-refractivity contribution in [1.82, 2.24) is 5.32 Å². The van der Waals surface area contributed by atoms with Gasteiger partial charge in [0.1, 0.15) is 0 Å². The van der Waals surface area contributed by atoms with E-state index in [1.807, 2.05) is 0 Å². The molecular formula is C8H15NO2S. The van der Waals surface area contributed by atoms with Crippen LogP contribution in [-0.4, -0.2) is 30.4 Å². The lowest BCUT2D eigenvalue weighted by atomic mass is 10.4. The zero-order valence-electron chi connectivity index (χ0n) is 7.30. The van der Waals surface area contributed by atoms with Crippen molar-refractivity contribution < 1.29 is 9.90 Å². The molecule has 0 aromatic rings. The Labute approximate surface area is 77.2 Å². The maximum atomic E-state index is 10.9. The van der Waals surface area contributed by atoms with Crippen LogP contribution in [0.15, 0.2) is 11.5 Å². The molecular weight excluding hydrogens is 174 g/mol. The van der Waals surface area contributed by atoms with Crippen LogP contribution in [0.2, 0.25) is 0 Å². The highest BCUT2D eigenvalue weighted by atomic mass is 32.2. The number of nitrogens with one attached hydrogen (secondary N) is 1. The third-order valence-electron chi connectivity index (χ3n) is 1.31. The van der Waals surface area contributed by atoms with Gasteiger partial charge in [0.05, 0.1) is 4.91 Å². The van der Waals surface area contributed by atoms with E-state index in [1.54, 1.807) is 7.05 Å². The van der Waals surface area contributed by atoms with Crippen LogP contribution in [0.4, 0.5) is 0 Å². The third kappa shape index (κ3) is 5.21. The zero-order chi connectivity index (χ0) is 9.40. The van der Waals surface area contributed by atoms with Gasteiger partial charge in [-0.1, -0.05) is 6.58 Å². The fraction of sp³-hybridized carbons (Fsp3) is 0.625. The Morgan fingerprint density at radius 2 is 2.25 bits per heavy atom. The highest BCUT2D eigenvalue weighted by molar-refractivity contribution is 8.03. The van der Waals surface area contributed by atoms with Crippen LogP contribution in [0.3, 0.4) is 0 Å². The molecule has 1 amide bonds. The van der Waals surface area contributed by atoms with Gasteiger partial charge in [-0.25, -0.2) is 0 Å². The molecule has 0 spiro atoms. The number of thioether (sulfide) groups is 1. The normalized spacial score (nSPS) is 9.50. The molecule has 70 valence electrons. The maximum absolute atomic E-state index is 10.9. The molecule has 0 saturated carbocycles. The van der Waals surface area contributed by atoms with Crippen molar-refractivity contribution in [2.75, 3.05) is 19.4 Å². The standard InChI is InChI=1S/C8H15NO2S/c1-7(8(11)9-2)12-6-4-3-5-10/h10H,1,3-6H2,2H3,(H,9,11). The molecule has 0 atom stereocenters. The van der Waals surface area contributed by atoms with E-state index in [0.29, 0.717) is 4.91 Å². The summed E-state index contributed by atoms with van der Waals surface area (Å²) in [5, 5.41) is 11.0. The minimum Gasteiger partial charge on any atom is -0.396 e. The van der Waals surface area contributed by atoms with Crippen LogP contribution >= 0.6 is 11.8 Å². The number of rotatable bonds is 6. The van der Waals surface area contributed by atoms with Crippen LogP contribution in [-0.2, 0) is 4.79 Å². The number of hydrogen-bond acceptors (Lipinski definition) is 3. The predicted octanol–water partition coefficient (Wildman–Crippen LogP) is 0.752. The summed E-state index contributed by atoms with van der Waals surface area (Å²) in [7, 11) is 1.59. The van der Waals surface area contributed by atoms with E-state index in [4.69, 9.17) is 5.11 Å². The fourth-order valence-corrected chi connectivity index (χ4v) is 1.44. The first kappa shape index (κ1) is 11.5. The Hall–Kier alpha value is -0.480. The first-order valence-electron chi connectivity index (χ1n) is 3.87. The zero-order valence-corrected chi connectivity index (χ0v) is 8.12. The molecule has 0 aromatic heterocycles. The van der Waals surface area contributed by atoms with Crippen molar-refractivity contribution >= 4 is 17.7 Å². The average molecular weight is 189 g/mol. The summed E-state index contributed by atoms with van der Waals surface area (Å²) >= 11 is 1.43. The Balaban J connectivity index is 3.38. The van der Waals surface area contributed by atoms with E-state index in [-0.39, 0.29) is 12.5 Å². The molecule has 0 bridgehead atoms. The smallest absolute Gasteiger partial charge is 0.256 e. The van der Waals surface area contributed by atoms with Gasteiger partial charge in [0.15, 0.2) is 0 Å². The van der Waals surface area contributed by atoms with Crippen LogP contribution in [0.5, 0.6) is 0 Å². The second-order valence-electron chi connectivity index (χ2n) is 2.28. The summed E-state index contributed by atoms with van der Waals surface area (Å²) in [6, 6.07) is 0. The van der Waals surface area contributed by atoms with Gasteiger partial charge in [-0.05, 0) is 18.6 Å². The lowest BCUT2D eigenvalue weighted by Gasteiger charge is -2.02. The predicted molar refractivity (Wildman–Crippen MR) is 52.0 cm³/mol. The lowest BCUT2D eigenvalue weighted by molar-refractivity contribution is -0.116. The summed E-state index contributed by atoms with van der Waals surface area (Å²) in [4.78, 5) is 11.4. The molecule has 0 heterocycles. The van der Waals surface area contributed by atoms with Crippen LogP contribution in [0.1, 0.15) is 12.8 Å². The Morgan fingerprint density at radius 1 is 1.58 bits per heavy atom. The van der Waals surface area contributed by atoms with Gasteiger partial charge in [-0.3, -0.25) is 4.79 Å². The molecule has 0 aliphatic carbocycles. The van der Waals surface area contributed by atoms with E-state index < -0.39 is 0 Å². The van der Waals surface area contributed by atoms with Crippen molar-refractivity contribution in [2.24, 2.45) is 0 Å². The SMILES string of the molecule is C=C(SCCCCO)C(=O)NC. The van der Waals surface area contributed by atoms with Gasteiger partial charge < -0.3 is 10.4 Å². The summed E-state index contributed by atoms with van der Waals surface area (Å²) in [5.74, 6) is 0.719. The van der Waals surface area contributed by atoms with Crippen molar-refractivity contribution in [1.29, 1.82) is 0 Å². The molecule has 0 aliphatic rings. The van der Waals surface area contributed by atoms with Gasteiger partial charge in [0.2, 0.25) is 0 Å². The van der Waals surface area contributed by atoms with Crippen LogP contribution in [0, 0.1) is 0 Å². The van der Waals surface area contributed by atoms with Crippen molar-refractivity contribution in [3.05, 3.63) is 11.5 Å². The molecule has 0 aromatic carbocycles. The second-order valence-corrected chi connectivity index (χ2v) is 3.47. The number of hydrogen-bond donors (Lipinski definition) is 2. The van der Waals surface area contributed by atoms with E-state index in [9.17, 15) is 4.79 Å². The summed E-state index contributed by atoms with van der Waals surface area (Å²) in [5.41, 5.74) is 0. The van der Waals surface area contributed by atoms with Crippen molar-refractivity contribution in [3.8, 4) is 0 Å². The summed E-state index contributed by atoms with van der Waals surface area (Å²) in [6.07, 6.45) is 1.70. The maximum Gasteiger partial charge on any atom is 0.256 e. The summed E-state index contributed by atoms with van der Waals surface area (Å²) < 4.78 is 0. The van der Waals surface area contributed by atoms with Gasteiger partial charge >= 0.3 is 0 Å². The molecule has 0 unspecified atom stereocenters. The molecule has 0 aliphatic heterocycles. The molecule has 0 rings (SSSR count). The number of amides is 1. The third-order valence-corrected chi connectivity index (χ3v) is 2.34. The molecule has 2 N–H and O–H groups in total. The highest BCUT2D eigenvalue weighted by Gasteiger charge is 2.03. The molecule has 0 fully saturated rings. The Morgan fingerprint density at radius 3 is 2.75 bits per heavy atom. The van der Waals surface area contributed by atoms with Gasteiger partial charge in [0, 0.05) is 13.7 Å². The molecule has 0 saturated heterocycles. The number of unbranched alkanes of at least 4 members (excludes halogenated alkanes) is 1. The van der Waals surface area contributed by atoms with Crippen molar-refractivity contribution in [2.45, 2.75) is 12.8 Å². The lowest BCUT2D eigenvalue weighted by Crippen LogP contribution is -2.18. The number of carbonyl (C=O) groups excluding carboxylic acids is 1. The monoisotopic (exact) mass is 189 g/mol. The number of aliphatic hydroxyl groups excluding tert-OH is 1. The van der Waals surface area contributed by atoms with E-state index in [0.717, 1.165) is 18.6 Å². The number of aliphatic hydroxyl groups is 1. The molecule has 3 nitrogen and oxygen atoms in total. The minimum atomic E-state index is -0.121. The topological polar surface area (TPSA) is 49.3 Å². The van der Waals surface area contributed by atoms with Gasteiger partial charge in [-0.2, -0.15) is 0 Å². The van der Waals surface area contributed by atoms with Crippen LogP contribution in [0.25, 0.3) is 0 Å². The first-order chi connectivity index (χ1) is 5.72. The molecule has 0 radical (unpaired) electrons. The Bertz CT molecular complexity index is 159. The van der Waals surface area contributed by atoms with E-state index in [1.165, 1.54) is 11.8 Å². The quantitative estimate of drug-likeness (QED) is 0.479. The second kappa shape index (κ2) is 7.18. The highest BCUT2D eigenvalue weighted by Crippen LogP contribution is 2.14. The minimum absolute atomic E-state index is 0.121. The van der Waals surface area contributed by atoms with Crippen LogP contribution < -0.4 is 5.32 Å². The summed E-state index contributed by atoms with van der Waals surface area (Å²) in [6.45, 7) is 3.83. The molecule has 12 heavy (non-hydrogen) atoms. The van der Waals surface area contributed by atoms with Crippen molar-refractivity contribution in [3.63, 3.8) is 0 Å². The van der Waals surface area contributed by atoms with Gasteiger partial charge in [-0.15, -0.1) is 11.8 Å². The number of carbonyl (C=O) groups is 1. The van der Waals surface area contributed by atoms with E-state index >= 15 is 0 Å². The average Bonchev–Trinajstić information content (AvgIpc) is 2.10.